The third-order valence-electron chi connectivity index (χ3n) is 4.78. The van der Waals surface area contributed by atoms with Gasteiger partial charge < -0.3 is 9.80 Å². The fourth-order valence-corrected chi connectivity index (χ4v) is 3.62. The van der Waals surface area contributed by atoms with Gasteiger partial charge in [-0.05, 0) is 28.8 Å². The van der Waals surface area contributed by atoms with Crippen molar-refractivity contribution in [3.8, 4) is 0 Å². The maximum Gasteiger partial charge on any atom is 0.246 e. The Kier molecular flexibility index (Phi) is 3.77. The second-order valence-electron chi connectivity index (χ2n) is 6.33. The highest BCUT2D eigenvalue weighted by Crippen LogP contribution is 2.28. The molecule has 1 unspecified atom stereocenters. The average Bonchev–Trinajstić information content (AvgIpc) is 2.60. The summed E-state index contributed by atoms with van der Waals surface area (Å²) in [5, 5.41) is 0.662. The predicted octanol–water partition coefficient (Wildman–Crippen LogP) is 2.64. The van der Waals surface area contributed by atoms with Gasteiger partial charge in [-0.3, -0.25) is 9.59 Å². The lowest BCUT2D eigenvalue weighted by Crippen LogP contribution is -2.61. The maximum atomic E-state index is 12.9. The van der Waals surface area contributed by atoms with E-state index in [0.29, 0.717) is 24.5 Å². The van der Waals surface area contributed by atoms with Crippen LogP contribution in [0.1, 0.15) is 16.7 Å². The summed E-state index contributed by atoms with van der Waals surface area (Å²) in [6.45, 7) is 1.11. The Labute approximate surface area is 145 Å². The van der Waals surface area contributed by atoms with Crippen molar-refractivity contribution in [3.63, 3.8) is 0 Å². The van der Waals surface area contributed by atoms with Crippen LogP contribution in [0.4, 0.5) is 0 Å². The second-order valence-corrected chi connectivity index (χ2v) is 6.77. The average molecular weight is 341 g/mol. The number of benzene rings is 2. The molecule has 2 aliphatic heterocycles. The largest absolute Gasteiger partial charge is 0.327 e. The molecule has 0 spiro atoms. The minimum absolute atomic E-state index is 0.0167. The number of halogens is 1. The van der Waals surface area contributed by atoms with Crippen LogP contribution in [-0.4, -0.2) is 34.2 Å². The van der Waals surface area contributed by atoms with Gasteiger partial charge in [-0.2, -0.15) is 0 Å². The van der Waals surface area contributed by atoms with Crippen LogP contribution in [0.15, 0.2) is 48.5 Å². The quantitative estimate of drug-likeness (QED) is 0.843. The number of carbonyl (C=O) groups excluding carboxylic acids is 2. The van der Waals surface area contributed by atoms with E-state index in [4.69, 9.17) is 11.6 Å². The van der Waals surface area contributed by atoms with Gasteiger partial charge in [0, 0.05) is 24.5 Å². The molecule has 0 bridgehead atoms. The number of carbonyl (C=O) groups is 2. The molecular weight excluding hydrogens is 324 g/mol. The summed E-state index contributed by atoms with van der Waals surface area (Å²) in [7, 11) is 0. The summed E-state index contributed by atoms with van der Waals surface area (Å²) in [6.07, 6.45) is 0.595. The van der Waals surface area contributed by atoms with E-state index in [1.54, 1.807) is 21.9 Å². The fraction of sp³-hybridized carbons (Fsp3) is 0.263. The van der Waals surface area contributed by atoms with E-state index in [0.717, 1.165) is 16.7 Å². The molecule has 4 nitrogen and oxygen atoms in total. The van der Waals surface area contributed by atoms with Crippen LogP contribution in [0.25, 0.3) is 0 Å². The van der Waals surface area contributed by atoms with Crippen molar-refractivity contribution in [2.75, 3.05) is 6.54 Å². The number of nitrogens with zero attached hydrogens (tertiary/aromatic N) is 2. The monoisotopic (exact) mass is 340 g/mol. The van der Waals surface area contributed by atoms with Gasteiger partial charge in [0.1, 0.15) is 12.6 Å². The first-order chi connectivity index (χ1) is 11.6. The van der Waals surface area contributed by atoms with Crippen molar-refractivity contribution in [2.24, 2.45) is 0 Å². The van der Waals surface area contributed by atoms with E-state index < -0.39 is 0 Å². The first-order valence-electron chi connectivity index (χ1n) is 8.01. The van der Waals surface area contributed by atoms with Crippen molar-refractivity contribution in [3.05, 3.63) is 70.2 Å². The Morgan fingerprint density at radius 2 is 1.67 bits per heavy atom. The van der Waals surface area contributed by atoms with Crippen LogP contribution < -0.4 is 0 Å². The van der Waals surface area contributed by atoms with Crippen LogP contribution in [-0.2, 0) is 29.1 Å². The molecule has 2 heterocycles. The molecule has 2 aliphatic rings. The van der Waals surface area contributed by atoms with Crippen LogP contribution in [0.2, 0.25) is 5.02 Å². The van der Waals surface area contributed by atoms with Gasteiger partial charge in [-0.15, -0.1) is 0 Å². The molecule has 2 aromatic carbocycles. The Morgan fingerprint density at radius 1 is 0.958 bits per heavy atom. The molecule has 4 rings (SSSR count). The molecule has 1 atom stereocenters. The summed E-state index contributed by atoms with van der Waals surface area (Å²) in [5.41, 5.74) is 3.28. The number of hydrogen-bond acceptors (Lipinski definition) is 2. The molecular formula is C19H17ClN2O2. The Morgan fingerprint density at radius 3 is 2.42 bits per heavy atom. The molecule has 2 aromatic rings. The van der Waals surface area contributed by atoms with Gasteiger partial charge in [-0.25, -0.2) is 0 Å². The number of hydrogen-bond donors (Lipinski definition) is 0. The fourth-order valence-electron chi connectivity index (χ4n) is 3.49. The molecule has 0 aromatic heterocycles. The van der Waals surface area contributed by atoms with Gasteiger partial charge >= 0.3 is 0 Å². The highest BCUT2D eigenvalue weighted by molar-refractivity contribution is 6.30. The molecule has 2 amide bonds. The summed E-state index contributed by atoms with van der Waals surface area (Å²) in [6, 6.07) is 15.0. The van der Waals surface area contributed by atoms with Gasteiger partial charge in [0.05, 0.1) is 0 Å². The summed E-state index contributed by atoms with van der Waals surface area (Å²) >= 11 is 5.90. The van der Waals surface area contributed by atoms with Crippen molar-refractivity contribution in [1.29, 1.82) is 0 Å². The first-order valence-corrected chi connectivity index (χ1v) is 8.39. The topological polar surface area (TPSA) is 40.6 Å². The molecule has 0 N–H and O–H groups in total. The highest BCUT2D eigenvalue weighted by atomic mass is 35.5. The standard InChI is InChI=1S/C19H17ClN2O2/c20-16-7-5-13(6-8-16)10-21-12-18(23)22-11-15-4-2-1-3-14(15)9-17(22)19(21)24/h1-8,17H,9-12H2. The Balaban J connectivity index is 1.57. The maximum absolute atomic E-state index is 12.9. The summed E-state index contributed by atoms with van der Waals surface area (Å²) < 4.78 is 0. The molecule has 0 radical (unpaired) electrons. The number of fused-ring (bicyclic) bond motifs is 2. The van der Waals surface area contributed by atoms with Crippen molar-refractivity contribution >= 4 is 23.4 Å². The lowest BCUT2D eigenvalue weighted by Gasteiger charge is -2.43. The van der Waals surface area contributed by atoms with Gasteiger partial charge in [0.25, 0.3) is 0 Å². The van der Waals surface area contributed by atoms with Crippen molar-refractivity contribution in [1.82, 2.24) is 9.80 Å². The van der Waals surface area contributed by atoms with E-state index in [9.17, 15) is 9.59 Å². The van der Waals surface area contributed by atoms with Crippen molar-refractivity contribution < 1.29 is 9.59 Å². The van der Waals surface area contributed by atoms with Crippen LogP contribution in [0.5, 0.6) is 0 Å². The van der Waals surface area contributed by atoms with Gasteiger partial charge in [-0.1, -0.05) is 48.0 Å². The van der Waals surface area contributed by atoms with E-state index in [1.807, 2.05) is 36.4 Å². The highest BCUT2D eigenvalue weighted by Gasteiger charge is 2.41. The van der Waals surface area contributed by atoms with Crippen LogP contribution in [0.3, 0.4) is 0 Å². The smallest absolute Gasteiger partial charge is 0.246 e. The van der Waals surface area contributed by atoms with Gasteiger partial charge in [0.15, 0.2) is 0 Å². The van der Waals surface area contributed by atoms with E-state index in [1.165, 1.54) is 0 Å². The zero-order valence-electron chi connectivity index (χ0n) is 13.1. The molecule has 1 fully saturated rings. The third kappa shape index (κ3) is 2.67. The predicted molar refractivity (Wildman–Crippen MR) is 91.4 cm³/mol. The lowest BCUT2D eigenvalue weighted by molar-refractivity contribution is -0.157. The lowest BCUT2D eigenvalue weighted by atomic mass is 9.91. The van der Waals surface area contributed by atoms with E-state index >= 15 is 0 Å². The van der Waals surface area contributed by atoms with Crippen molar-refractivity contribution in [2.45, 2.75) is 25.6 Å². The molecule has 0 saturated carbocycles. The number of rotatable bonds is 2. The SMILES string of the molecule is O=C1C2Cc3ccccc3CN2C(=O)CN1Cc1ccc(Cl)cc1. The normalized spacial score (nSPS) is 20.0. The molecule has 1 saturated heterocycles. The minimum atomic E-state index is -0.381. The van der Waals surface area contributed by atoms with E-state index in [-0.39, 0.29) is 24.4 Å². The molecule has 24 heavy (non-hydrogen) atoms. The third-order valence-corrected chi connectivity index (χ3v) is 5.03. The Bertz CT molecular complexity index is 803. The van der Waals surface area contributed by atoms with Crippen LogP contribution >= 0.6 is 11.6 Å². The number of amides is 2. The minimum Gasteiger partial charge on any atom is -0.327 e. The Hall–Kier alpha value is -2.33. The van der Waals surface area contributed by atoms with Gasteiger partial charge in [0.2, 0.25) is 11.8 Å². The zero-order valence-corrected chi connectivity index (χ0v) is 13.9. The summed E-state index contributed by atoms with van der Waals surface area (Å²) in [4.78, 5) is 28.8. The van der Waals surface area contributed by atoms with E-state index in [2.05, 4.69) is 0 Å². The molecule has 0 aliphatic carbocycles. The zero-order chi connectivity index (χ0) is 16.7. The molecule has 122 valence electrons. The molecule has 5 heteroatoms. The summed E-state index contributed by atoms with van der Waals surface area (Å²) in [5.74, 6) is 0.0436. The number of piperazine rings is 1. The van der Waals surface area contributed by atoms with Crippen LogP contribution in [0, 0.1) is 0 Å². The second kappa shape index (κ2) is 5.95. The first kappa shape index (κ1) is 15.2.